The molecule has 7 heteroatoms. The molecule has 2 aliphatic carbocycles. The highest BCUT2D eigenvalue weighted by Crippen LogP contribution is 2.44. The molecule has 0 heterocycles. The van der Waals surface area contributed by atoms with E-state index in [1.807, 2.05) is 55.6 Å². The molecule has 37 heavy (non-hydrogen) atoms. The third-order valence-electron chi connectivity index (χ3n) is 6.63. The highest BCUT2D eigenvalue weighted by atomic mass is 16.5. The molecule has 188 valence electrons. The third kappa shape index (κ3) is 5.90. The van der Waals surface area contributed by atoms with Crippen molar-refractivity contribution in [2.45, 2.75) is 12.6 Å². The molecule has 2 amide bonds. The Bertz CT molecular complexity index is 1350. The van der Waals surface area contributed by atoms with Crippen LogP contribution in [0.2, 0.25) is 0 Å². The Labute approximate surface area is 216 Å². The Hall–Kier alpha value is -4.36. The van der Waals surface area contributed by atoms with Gasteiger partial charge in [0.2, 0.25) is 0 Å². The predicted molar refractivity (Wildman–Crippen MR) is 148 cm³/mol. The highest BCUT2D eigenvalue weighted by Gasteiger charge is 2.36. The minimum absolute atomic E-state index is 0.228. The summed E-state index contributed by atoms with van der Waals surface area (Å²) in [5.41, 5.74) is 5.11. The smallest absolute Gasteiger partial charge is 0.255 e. The largest absolute Gasteiger partial charge is 0.388 e. The molecular formula is C30H30N4O3. The van der Waals surface area contributed by atoms with Gasteiger partial charge in [-0.15, -0.1) is 0 Å². The van der Waals surface area contributed by atoms with E-state index in [9.17, 15) is 9.59 Å². The van der Waals surface area contributed by atoms with Gasteiger partial charge in [-0.3, -0.25) is 9.59 Å². The van der Waals surface area contributed by atoms with Gasteiger partial charge >= 0.3 is 0 Å². The van der Waals surface area contributed by atoms with Gasteiger partial charge in [-0.25, -0.2) is 0 Å². The fourth-order valence-corrected chi connectivity index (χ4v) is 4.37. The number of ether oxygens (including phenoxy) is 1. The predicted octanol–water partition coefficient (Wildman–Crippen LogP) is 5.75. The maximum atomic E-state index is 12.9. The Morgan fingerprint density at radius 3 is 1.92 bits per heavy atom. The van der Waals surface area contributed by atoms with Crippen molar-refractivity contribution in [3.63, 3.8) is 0 Å². The van der Waals surface area contributed by atoms with Crippen LogP contribution >= 0.6 is 0 Å². The zero-order valence-electron chi connectivity index (χ0n) is 20.8. The van der Waals surface area contributed by atoms with Crippen molar-refractivity contribution in [3.05, 3.63) is 108 Å². The fraction of sp³-hybridized carbons (Fsp3) is 0.200. The molecular weight excluding hydrogens is 464 g/mol. The summed E-state index contributed by atoms with van der Waals surface area (Å²) >= 11 is 0. The first-order valence-corrected chi connectivity index (χ1v) is 12.3. The molecule has 0 saturated heterocycles. The maximum Gasteiger partial charge on any atom is 0.255 e. The van der Waals surface area contributed by atoms with Gasteiger partial charge in [0, 0.05) is 48.0 Å². The maximum absolute atomic E-state index is 12.9. The monoisotopic (exact) mass is 494 g/mol. The summed E-state index contributed by atoms with van der Waals surface area (Å²) in [6, 6.07) is 21.5. The normalized spacial score (nSPS) is 18.2. The molecule has 3 unspecified atom stereocenters. The molecule has 0 bridgehead atoms. The Kier molecular flexibility index (Phi) is 7.05. The van der Waals surface area contributed by atoms with E-state index in [0.29, 0.717) is 34.3 Å². The van der Waals surface area contributed by atoms with E-state index >= 15 is 0 Å². The second-order valence-electron chi connectivity index (χ2n) is 9.24. The average molecular weight is 495 g/mol. The van der Waals surface area contributed by atoms with Crippen molar-refractivity contribution in [2.75, 3.05) is 35.4 Å². The molecule has 7 nitrogen and oxygen atoms in total. The Balaban J connectivity index is 1.19. The molecule has 3 aromatic carbocycles. The standard InChI is InChI=1S/C30H30N4O3/c1-31-24-8-10-25(11-9-24)32-28(35)20-4-3-5-21(17-20)29(36)33-26-12-14-27(15-13-26)34-30(37-2)22-7-6-19-16-23(19)18-22/h3-15,17-19,23,30-31,34H,16H2,1-2H3,(H,32,35)(H,33,36). The van der Waals surface area contributed by atoms with Gasteiger partial charge in [-0.05, 0) is 90.6 Å². The zero-order chi connectivity index (χ0) is 25.8. The molecule has 0 radical (unpaired) electrons. The number of hydrogen-bond donors (Lipinski definition) is 4. The van der Waals surface area contributed by atoms with Crippen LogP contribution in [0.25, 0.3) is 0 Å². The number of hydrogen-bond acceptors (Lipinski definition) is 5. The average Bonchev–Trinajstić information content (AvgIpc) is 3.72. The van der Waals surface area contributed by atoms with E-state index in [2.05, 4.69) is 39.5 Å². The van der Waals surface area contributed by atoms with Crippen molar-refractivity contribution >= 4 is 34.6 Å². The zero-order valence-corrected chi connectivity index (χ0v) is 20.8. The molecule has 0 aliphatic heterocycles. The number of amides is 2. The summed E-state index contributed by atoms with van der Waals surface area (Å²) in [6.07, 6.45) is 7.68. The molecule has 1 saturated carbocycles. The minimum Gasteiger partial charge on any atom is -0.388 e. The van der Waals surface area contributed by atoms with Crippen LogP contribution in [0.4, 0.5) is 22.7 Å². The van der Waals surface area contributed by atoms with Gasteiger partial charge in [0.05, 0.1) is 0 Å². The first kappa shape index (κ1) is 24.3. The molecule has 3 aromatic rings. The molecule has 1 fully saturated rings. The summed E-state index contributed by atoms with van der Waals surface area (Å²) in [5.74, 6) is 0.775. The molecule has 4 N–H and O–H groups in total. The van der Waals surface area contributed by atoms with Gasteiger partial charge < -0.3 is 26.0 Å². The number of carbonyl (C=O) groups excluding carboxylic acids is 2. The lowest BCUT2D eigenvalue weighted by molar-refractivity contribution is 0.102. The summed E-state index contributed by atoms with van der Waals surface area (Å²) in [5, 5.41) is 12.2. The lowest BCUT2D eigenvalue weighted by Crippen LogP contribution is -2.24. The molecule has 3 atom stereocenters. The number of methoxy groups -OCH3 is 1. The van der Waals surface area contributed by atoms with Crippen LogP contribution in [0.5, 0.6) is 0 Å². The quantitative estimate of drug-likeness (QED) is 0.284. The lowest BCUT2D eigenvalue weighted by Gasteiger charge is -2.21. The summed E-state index contributed by atoms with van der Waals surface area (Å²) in [4.78, 5) is 25.6. The van der Waals surface area contributed by atoms with Crippen LogP contribution < -0.4 is 21.3 Å². The van der Waals surface area contributed by atoms with E-state index in [4.69, 9.17) is 4.74 Å². The first-order valence-electron chi connectivity index (χ1n) is 12.3. The Morgan fingerprint density at radius 2 is 1.38 bits per heavy atom. The minimum atomic E-state index is -0.292. The summed E-state index contributed by atoms with van der Waals surface area (Å²) in [6.45, 7) is 0. The van der Waals surface area contributed by atoms with Crippen molar-refractivity contribution < 1.29 is 14.3 Å². The van der Waals surface area contributed by atoms with Gasteiger partial charge in [0.15, 0.2) is 6.23 Å². The lowest BCUT2D eigenvalue weighted by atomic mass is 10.1. The van der Waals surface area contributed by atoms with Gasteiger partial charge in [-0.1, -0.05) is 24.3 Å². The first-order chi connectivity index (χ1) is 18.0. The summed E-state index contributed by atoms with van der Waals surface area (Å²) in [7, 11) is 3.52. The summed E-state index contributed by atoms with van der Waals surface area (Å²) < 4.78 is 5.66. The number of rotatable bonds is 9. The van der Waals surface area contributed by atoms with Crippen molar-refractivity contribution in [2.24, 2.45) is 11.8 Å². The third-order valence-corrected chi connectivity index (χ3v) is 6.63. The molecule has 0 spiro atoms. The number of nitrogens with one attached hydrogen (secondary N) is 4. The van der Waals surface area contributed by atoms with E-state index in [1.54, 1.807) is 31.4 Å². The van der Waals surface area contributed by atoms with Crippen LogP contribution in [0.3, 0.4) is 0 Å². The molecule has 0 aromatic heterocycles. The van der Waals surface area contributed by atoms with Crippen LogP contribution in [-0.2, 0) is 4.74 Å². The highest BCUT2D eigenvalue weighted by molar-refractivity contribution is 6.08. The number of carbonyl (C=O) groups is 2. The van der Waals surface area contributed by atoms with Gasteiger partial charge in [-0.2, -0.15) is 0 Å². The number of allylic oxidation sites excluding steroid dienone is 2. The SMILES string of the molecule is CNc1ccc(NC(=O)c2cccc(C(=O)Nc3ccc(NC(OC)C4=CC5CC5C=C4)cc3)c2)cc1. The second-order valence-corrected chi connectivity index (χ2v) is 9.24. The number of fused-ring (bicyclic) bond motifs is 1. The topological polar surface area (TPSA) is 91.5 Å². The van der Waals surface area contributed by atoms with Crippen LogP contribution in [0.15, 0.2) is 96.6 Å². The number of benzene rings is 3. The van der Waals surface area contributed by atoms with Gasteiger partial charge in [0.25, 0.3) is 11.8 Å². The fourth-order valence-electron chi connectivity index (χ4n) is 4.37. The van der Waals surface area contributed by atoms with Crippen LogP contribution in [-0.4, -0.2) is 32.2 Å². The molecule has 5 rings (SSSR count). The van der Waals surface area contributed by atoms with E-state index < -0.39 is 0 Å². The van der Waals surface area contributed by atoms with Gasteiger partial charge in [0.1, 0.15) is 0 Å². The van der Waals surface area contributed by atoms with Crippen molar-refractivity contribution in [1.82, 2.24) is 0 Å². The van der Waals surface area contributed by atoms with Crippen LogP contribution in [0, 0.1) is 11.8 Å². The van der Waals surface area contributed by atoms with E-state index in [-0.39, 0.29) is 18.0 Å². The number of anilines is 4. The van der Waals surface area contributed by atoms with E-state index in [0.717, 1.165) is 16.9 Å². The van der Waals surface area contributed by atoms with E-state index in [1.165, 1.54) is 6.42 Å². The van der Waals surface area contributed by atoms with Crippen LogP contribution in [0.1, 0.15) is 27.1 Å². The second kappa shape index (κ2) is 10.7. The Morgan fingerprint density at radius 1 is 0.811 bits per heavy atom. The molecule has 2 aliphatic rings. The van der Waals surface area contributed by atoms with Crippen molar-refractivity contribution in [1.29, 1.82) is 0 Å². The van der Waals surface area contributed by atoms with Crippen molar-refractivity contribution in [3.8, 4) is 0 Å².